The van der Waals surface area contributed by atoms with E-state index in [1.54, 1.807) is 0 Å². The minimum atomic E-state index is -1.53. The van der Waals surface area contributed by atoms with Crippen LogP contribution in [0.25, 0.3) is 0 Å². The lowest BCUT2D eigenvalue weighted by Crippen LogP contribution is -2.59. The quantitative estimate of drug-likeness (QED) is 0.0357. The first kappa shape index (κ1) is 50.2. The van der Waals surface area contributed by atoms with Crippen molar-refractivity contribution < 1.29 is 44.2 Å². The standard InChI is InChI=1S/C44H86O9/c1-3-5-7-9-11-13-15-16-17-18-19-20-21-22-23-25-27-29-31-33-40(46)52-38(37-51-44-43(49)42(48)41(47)39(35-45)53-44)36-50-34-32-30-28-26-24-14-12-10-8-6-4-2/h38-39,41-45,47-49H,3-37H2,1-2H3. The summed E-state index contributed by atoms with van der Waals surface area (Å²) in [6.45, 7) is 4.60. The molecule has 6 atom stereocenters. The zero-order valence-corrected chi connectivity index (χ0v) is 34.5. The average Bonchev–Trinajstić information content (AvgIpc) is 3.16. The predicted octanol–water partition coefficient (Wildman–Crippen LogP) is 9.86. The summed E-state index contributed by atoms with van der Waals surface area (Å²) in [5.74, 6) is -0.308. The molecule has 1 saturated heterocycles. The monoisotopic (exact) mass is 759 g/mol. The summed E-state index contributed by atoms with van der Waals surface area (Å²) in [6.07, 6.45) is 31.3. The second-order valence-corrected chi connectivity index (χ2v) is 15.9. The Morgan fingerprint density at radius 3 is 1.34 bits per heavy atom. The fraction of sp³-hybridized carbons (Fsp3) is 0.977. The lowest BCUT2D eigenvalue weighted by molar-refractivity contribution is -0.305. The van der Waals surface area contributed by atoms with Crippen molar-refractivity contribution >= 4 is 5.97 Å². The number of hydrogen-bond acceptors (Lipinski definition) is 9. The largest absolute Gasteiger partial charge is 0.457 e. The number of aliphatic hydroxyl groups is 4. The molecule has 9 nitrogen and oxygen atoms in total. The van der Waals surface area contributed by atoms with Crippen molar-refractivity contribution in [2.45, 2.75) is 250 Å². The molecule has 316 valence electrons. The van der Waals surface area contributed by atoms with Crippen molar-refractivity contribution in [1.29, 1.82) is 0 Å². The van der Waals surface area contributed by atoms with Crippen LogP contribution in [0.5, 0.6) is 0 Å². The summed E-state index contributed by atoms with van der Waals surface area (Å²) < 4.78 is 22.8. The molecule has 0 saturated carbocycles. The molecule has 0 aromatic heterocycles. The number of rotatable bonds is 39. The van der Waals surface area contributed by atoms with Gasteiger partial charge in [-0.3, -0.25) is 4.79 Å². The van der Waals surface area contributed by atoms with Gasteiger partial charge in [0.1, 0.15) is 30.5 Å². The van der Waals surface area contributed by atoms with Gasteiger partial charge in [0.05, 0.1) is 19.8 Å². The van der Waals surface area contributed by atoms with Gasteiger partial charge in [-0.15, -0.1) is 0 Å². The van der Waals surface area contributed by atoms with Crippen molar-refractivity contribution in [1.82, 2.24) is 0 Å². The SMILES string of the molecule is CCCCCCCCCCCCCCCCCCCCCC(=O)OC(COCCCCCCCCCCCCC)COC1OC(CO)C(O)C(O)C1O. The van der Waals surface area contributed by atoms with Gasteiger partial charge in [-0.05, 0) is 12.8 Å². The summed E-state index contributed by atoms with van der Waals surface area (Å²) in [5, 5.41) is 40.0. The van der Waals surface area contributed by atoms with Crippen LogP contribution in [-0.2, 0) is 23.7 Å². The maximum Gasteiger partial charge on any atom is 0.306 e. The first-order chi connectivity index (χ1) is 25.9. The van der Waals surface area contributed by atoms with E-state index in [0.717, 1.165) is 32.1 Å². The zero-order valence-electron chi connectivity index (χ0n) is 34.5. The summed E-state index contributed by atoms with van der Waals surface area (Å²) in [5.41, 5.74) is 0. The smallest absolute Gasteiger partial charge is 0.306 e. The van der Waals surface area contributed by atoms with E-state index in [9.17, 15) is 25.2 Å². The number of ether oxygens (including phenoxy) is 4. The van der Waals surface area contributed by atoms with Crippen LogP contribution in [0.3, 0.4) is 0 Å². The van der Waals surface area contributed by atoms with Crippen LogP contribution in [0.15, 0.2) is 0 Å². The van der Waals surface area contributed by atoms with Gasteiger partial charge < -0.3 is 39.4 Å². The molecule has 1 rings (SSSR count). The van der Waals surface area contributed by atoms with Crippen LogP contribution in [0, 0.1) is 0 Å². The fourth-order valence-electron chi connectivity index (χ4n) is 7.20. The first-order valence-electron chi connectivity index (χ1n) is 22.6. The molecule has 0 aliphatic carbocycles. The molecule has 1 aliphatic rings. The summed E-state index contributed by atoms with van der Waals surface area (Å²) in [4.78, 5) is 12.8. The highest BCUT2D eigenvalue weighted by molar-refractivity contribution is 5.69. The molecule has 0 aromatic carbocycles. The van der Waals surface area contributed by atoms with Crippen LogP contribution >= 0.6 is 0 Å². The van der Waals surface area contributed by atoms with Gasteiger partial charge in [-0.1, -0.05) is 194 Å². The van der Waals surface area contributed by atoms with Gasteiger partial charge in [0.15, 0.2) is 6.29 Å². The minimum absolute atomic E-state index is 0.105. The number of unbranched alkanes of at least 4 members (excludes halogenated alkanes) is 28. The molecule has 0 amide bonds. The Labute approximate surface area is 325 Å². The molecule has 0 bridgehead atoms. The van der Waals surface area contributed by atoms with Gasteiger partial charge in [0.25, 0.3) is 0 Å². The van der Waals surface area contributed by atoms with Gasteiger partial charge in [-0.25, -0.2) is 0 Å². The molecule has 0 radical (unpaired) electrons. The predicted molar refractivity (Wildman–Crippen MR) is 215 cm³/mol. The lowest BCUT2D eigenvalue weighted by Gasteiger charge is -2.39. The Hall–Kier alpha value is -0.810. The van der Waals surface area contributed by atoms with Crippen LogP contribution in [0.1, 0.15) is 213 Å². The highest BCUT2D eigenvalue weighted by atomic mass is 16.7. The molecular formula is C44H86O9. The Bertz CT molecular complexity index is 782. The van der Waals surface area contributed by atoms with E-state index in [1.807, 2.05) is 0 Å². The molecule has 0 spiro atoms. The Morgan fingerprint density at radius 1 is 0.528 bits per heavy atom. The molecule has 53 heavy (non-hydrogen) atoms. The van der Waals surface area contributed by atoms with Crippen molar-refractivity contribution in [3.63, 3.8) is 0 Å². The van der Waals surface area contributed by atoms with Crippen LogP contribution in [0.2, 0.25) is 0 Å². The number of aliphatic hydroxyl groups excluding tert-OH is 4. The zero-order chi connectivity index (χ0) is 38.6. The average molecular weight is 759 g/mol. The van der Waals surface area contributed by atoms with Crippen molar-refractivity contribution in [3.05, 3.63) is 0 Å². The molecule has 1 aliphatic heterocycles. The Kier molecular flexibility index (Phi) is 34.9. The maximum absolute atomic E-state index is 12.8. The van der Waals surface area contributed by atoms with Crippen molar-refractivity contribution in [2.75, 3.05) is 26.4 Å². The van der Waals surface area contributed by atoms with Crippen molar-refractivity contribution in [3.8, 4) is 0 Å². The first-order valence-corrected chi connectivity index (χ1v) is 22.6. The second-order valence-electron chi connectivity index (χ2n) is 15.9. The molecule has 4 N–H and O–H groups in total. The topological polar surface area (TPSA) is 135 Å². The van der Waals surface area contributed by atoms with Gasteiger partial charge in [0, 0.05) is 13.0 Å². The molecule has 1 heterocycles. The highest BCUT2D eigenvalue weighted by Crippen LogP contribution is 2.23. The van der Waals surface area contributed by atoms with E-state index in [-0.39, 0.29) is 19.2 Å². The van der Waals surface area contributed by atoms with E-state index in [0.29, 0.717) is 13.0 Å². The van der Waals surface area contributed by atoms with E-state index in [2.05, 4.69) is 13.8 Å². The second kappa shape index (κ2) is 36.8. The summed E-state index contributed by atoms with van der Waals surface area (Å²) >= 11 is 0. The van der Waals surface area contributed by atoms with Gasteiger partial charge in [-0.2, -0.15) is 0 Å². The Balaban J connectivity index is 2.21. The molecular weight excluding hydrogens is 672 g/mol. The van der Waals surface area contributed by atoms with Gasteiger partial charge >= 0.3 is 5.97 Å². The number of esters is 1. The van der Waals surface area contributed by atoms with Crippen molar-refractivity contribution in [2.24, 2.45) is 0 Å². The van der Waals surface area contributed by atoms with E-state index in [4.69, 9.17) is 18.9 Å². The fourth-order valence-corrected chi connectivity index (χ4v) is 7.20. The molecule has 9 heteroatoms. The Morgan fingerprint density at radius 2 is 0.925 bits per heavy atom. The summed E-state index contributed by atoms with van der Waals surface area (Å²) in [6, 6.07) is 0. The van der Waals surface area contributed by atoms with E-state index >= 15 is 0 Å². The van der Waals surface area contributed by atoms with Crippen LogP contribution in [-0.4, -0.2) is 89.6 Å². The summed E-state index contributed by atoms with van der Waals surface area (Å²) in [7, 11) is 0. The van der Waals surface area contributed by atoms with E-state index in [1.165, 1.54) is 161 Å². The number of carbonyl (C=O) groups excluding carboxylic acids is 1. The maximum atomic E-state index is 12.8. The molecule has 0 aromatic rings. The third-order valence-corrected chi connectivity index (χ3v) is 10.8. The number of hydrogen-bond donors (Lipinski definition) is 4. The molecule has 1 fully saturated rings. The number of carbonyl (C=O) groups is 1. The van der Waals surface area contributed by atoms with Crippen LogP contribution < -0.4 is 0 Å². The molecule has 6 unspecified atom stereocenters. The normalized spacial score (nSPS) is 20.9. The van der Waals surface area contributed by atoms with Gasteiger partial charge in [0.2, 0.25) is 0 Å². The van der Waals surface area contributed by atoms with Crippen LogP contribution in [0.4, 0.5) is 0 Å². The minimum Gasteiger partial charge on any atom is -0.457 e. The highest BCUT2D eigenvalue weighted by Gasteiger charge is 2.44. The lowest BCUT2D eigenvalue weighted by atomic mass is 9.99. The third kappa shape index (κ3) is 28.3. The van der Waals surface area contributed by atoms with E-state index < -0.39 is 43.4 Å². The third-order valence-electron chi connectivity index (χ3n) is 10.8.